The minimum atomic E-state index is -0.157. The van der Waals surface area contributed by atoms with Crippen LogP contribution in [-0.4, -0.2) is 19.1 Å². The topological polar surface area (TPSA) is 41.1 Å². The van der Waals surface area contributed by atoms with Gasteiger partial charge in [-0.3, -0.25) is 0 Å². The van der Waals surface area contributed by atoms with Crippen LogP contribution in [0.2, 0.25) is 0 Å². The van der Waals surface area contributed by atoms with Gasteiger partial charge >= 0.3 is 6.03 Å². The summed E-state index contributed by atoms with van der Waals surface area (Å²) in [5, 5.41) is 5.57. The lowest BCUT2D eigenvalue weighted by atomic mass is 9.84. The molecule has 98 valence electrons. The molecule has 0 aliphatic rings. The number of urea groups is 1. The van der Waals surface area contributed by atoms with Crippen molar-refractivity contribution >= 4 is 6.03 Å². The summed E-state index contributed by atoms with van der Waals surface area (Å²) < 4.78 is 0. The summed E-state index contributed by atoms with van der Waals surface area (Å²) in [6.07, 6.45) is 1.66. The summed E-state index contributed by atoms with van der Waals surface area (Å²) in [6.45, 7) is 10.9. The van der Waals surface area contributed by atoms with Crippen molar-refractivity contribution in [1.29, 1.82) is 0 Å². The van der Waals surface area contributed by atoms with Gasteiger partial charge in [-0.2, -0.15) is 0 Å². The third-order valence-electron chi connectivity index (χ3n) is 2.93. The first-order chi connectivity index (χ1) is 8.45. The van der Waals surface area contributed by atoms with Crippen molar-refractivity contribution in [1.82, 2.24) is 10.6 Å². The van der Waals surface area contributed by atoms with Gasteiger partial charge in [0, 0.05) is 18.5 Å². The first-order valence-corrected chi connectivity index (χ1v) is 6.15. The van der Waals surface area contributed by atoms with Gasteiger partial charge in [-0.15, -0.1) is 6.58 Å². The average molecular weight is 246 g/mol. The van der Waals surface area contributed by atoms with Crippen molar-refractivity contribution in [2.24, 2.45) is 0 Å². The van der Waals surface area contributed by atoms with Gasteiger partial charge in [0.1, 0.15) is 0 Å². The minimum absolute atomic E-state index is 0.0841. The van der Waals surface area contributed by atoms with Crippen molar-refractivity contribution in [2.45, 2.75) is 26.2 Å². The van der Waals surface area contributed by atoms with Gasteiger partial charge in [-0.1, -0.05) is 49.8 Å². The molecule has 0 saturated carbocycles. The maximum absolute atomic E-state index is 11.5. The van der Waals surface area contributed by atoms with E-state index in [2.05, 4.69) is 62.2 Å². The third-order valence-corrected chi connectivity index (χ3v) is 2.93. The molecule has 0 aliphatic carbocycles. The fraction of sp³-hybridized carbons (Fsp3) is 0.400. The third kappa shape index (κ3) is 4.24. The van der Waals surface area contributed by atoms with Crippen molar-refractivity contribution < 1.29 is 4.79 Å². The Morgan fingerprint density at radius 3 is 2.44 bits per heavy atom. The summed E-state index contributed by atoms with van der Waals surface area (Å²) >= 11 is 0. The molecule has 0 heterocycles. The Bertz CT molecular complexity index is 407. The summed E-state index contributed by atoms with van der Waals surface area (Å²) in [7, 11) is 0. The lowest BCUT2D eigenvalue weighted by Crippen LogP contribution is -2.42. The summed E-state index contributed by atoms with van der Waals surface area (Å²) in [4.78, 5) is 11.5. The van der Waals surface area contributed by atoms with Gasteiger partial charge in [0.2, 0.25) is 0 Å². The van der Waals surface area contributed by atoms with Gasteiger partial charge in [0.25, 0.3) is 0 Å². The highest BCUT2D eigenvalue weighted by Crippen LogP contribution is 2.22. The maximum Gasteiger partial charge on any atom is 0.315 e. The summed E-state index contributed by atoms with van der Waals surface area (Å²) in [5.41, 5.74) is 2.38. The first-order valence-electron chi connectivity index (χ1n) is 6.15. The minimum Gasteiger partial charge on any atom is -0.337 e. The molecule has 2 amide bonds. The first kappa shape index (κ1) is 14.3. The van der Waals surface area contributed by atoms with Crippen LogP contribution in [0.5, 0.6) is 0 Å². The van der Waals surface area contributed by atoms with Crippen LogP contribution in [-0.2, 0) is 5.41 Å². The molecule has 0 unspecified atom stereocenters. The van der Waals surface area contributed by atoms with E-state index in [0.717, 1.165) is 0 Å². The molecule has 1 rings (SSSR count). The number of rotatable bonds is 5. The summed E-state index contributed by atoms with van der Waals surface area (Å²) in [6, 6.07) is 8.25. The van der Waals surface area contributed by atoms with Gasteiger partial charge in [0.05, 0.1) is 0 Å². The molecule has 0 bridgehead atoms. The van der Waals surface area contributed by atoms with Crippen LogP contribution in [0.3, 0.4) is 0 Å². The smallest absolute Gasteiger partial charge is 0.315 e. The van der Waals surface area contributed by atoms with E-state index in [1.807, 2.05) is 0 Å². The molecule has 0 atom stereocenters. The molecule has 1 aromatic rings. The number of hydrogen-bond donors (Lipinski definition) is 2. The van der Waals surface area contributed by atoms with E-state index in [1.54, 1.807) is 6.08 Å². The van der Waals surface area contributed by atoms with E-state index in [4.69, 9.17) is 0 Å². The monoisotopic (exact) mass is 246 g/mol. The van der Waals surface area contributed by atoms with Crippen molar-refractivity contribution in [3.8, 4) is 0 Å². The van der Waals surface area contributed by atoms with Crippen molar-refractivity contribution in [2.75, 3.05) is 13.1 Å². The Morgan fingerprint density at radius 2 is 1.89 bits per heavy atom. The van der Waals surface area contributed by atoms with Crippen LogP contribution in [0.4, 0.5) is 4.79 Å². The van der Waals surface area contributed by atoms with E-state index < -0.39 is 0 Å². The molecule has 0 aliphatic heterocycles. The SMILES string of the molecule is C=CCNC(=O)NCC(C)(C)c1ccc(C)cc1. The Hall–Kier alpha value is -1.77. The number of hydrogen-bond acceptors (Lipinski definition) is 1. The van der Waals surface area contributed by atoms with Crippen LogP contribution in [0.25, 0.3) is 0 Å². The normalized spacial score (nSPS) is 10.8. The van der Waals surface area contributed by atoms with Crippen molar-refractivity contribution in [3.05, 3.63) is 48.0 Å². The molecule has 0 fully saturated rings. The highest BCUT2D eigenvalue weighted by molar-refractivity contribution is 5.74. The molecule has 3 nitrogen and oxygen atoms in total. The lowest BCUT2D eigenvalue weighted by molar-refractivity contribution is 0.239. The van der Waals surface area contributed by atoms with E-state index in [9.17, 15) is 4.79 Å². The predicted molar refractivity (Wildman–Crippen MR) is 75.8 cm³/mol. The molecule has 2 N–H and O–H groups in total. The zero-order chi connectivity index (χ0) is 13.6. The molecule has 0 saturated heterocycles. The molecular weight excluding hydrogens is 224 g/mol. The van der Waals surface area contributed by atoms with E-state index >= 15 is 0 Å². The molecule has 0 spiro atoms. The van der Waals surface area contributed by atoms with Crippen LogP contribution >= 0.6 is 0 Å². The average Bonchev–Trinajstić information content (AvgIpc) is 2.34. The van der Waals surface area contributed by atoms with E-state index in [0.29, 0.717) is 13.1 Å². The molecule has 0 aromatic heterocycles. The zero-order valence-corrected chi connectivity index (χ0v) is 11.4. The largest absolute Gasteiger partial charge is 0.337 e. The molecule has 1 aromatic carbocycles. The predicted octanol–water partition coefficient (Wildman–Crippen LogP) is 2.76. The molecular formula is C15H22N2O. The second-order valence-electron chi connectivity index (χ2n) is 5.10. The highest BCUT2D eigenvalue weighted by atomic mass is 16.2. The zero-order valence-electron chi connectivity index (χ0n) is 11.4. The number of carbonyl (C=O) groups excluding carboxylic acids is 1. The Labute approximate surface area is 109 Å². The quantitative estimate of drug-likeness (QED) is 0.771. The van der Waals surface area contributed by atoms with Crippen LogP contribution < -0.4 is 10.6 Å². The van der Waals surface area contributed by atoms with Crippen LogP contribution in [0, 0.1) is 6.92 Å². The Kier molecular flexibility index (Phi) is 4.95. The Balaban J connectivity index is 2.56. The standard InChI is InChI=1S/C15H22N2O/c1-5-10-16-14(18)17-11-15(3,4)13-8-6-12(2)7-9-13/h5-9H,1,10-11H2,2-4H3,(H2,16,17,18). The van der Waals surface area contributed by atoms with Gasteiger partial charge in [-0.25, -0.2) is 4.79 Å². The lowest BCUT2D eigenvalue weighted by Gasteiger charge is -2.25. The van der Waals surface area contributed by atoms with Gasteiger partial charge in [-0.05, 0) is 12.5 Å². The van der Waals surface area contributed by atoms with Crippen molar-refractivity contribution in [3.63, 3.8) is 0 Å². The molecule has 0 radical (unpaired) electrons. The number of amides is 2. The Morgan fingerprint density at radius 1 is 1.28 bits per heavy atom. The second-order valence-corrected chi connectivity index (χ2v) is 5.10. The van der Waals surface area contributed by atoms with Gasteiger partial charge < -0.3 is 10.6 Å². The number of benzene rings is 1. The van der Waals surface area contributed by atoms with Crippen LogP contribution in [0.1, 0.15) is 25.0 Å². The van der Waals surface area contributed by atoms with Crippen LogP contribution in [0.15, 0.2) is 36.9 Å². The number of nitrogens with one attached hydrogen (secondary N) is 2. The highest BCUT2D eigenvalue weighted by Gasteiger charge is 2.20. The fourth-order valence-corrected chi connectivity index (χ4v) is 1.64. The number of carbonyl (C=O) groups is 1. The molecule has 18 heavy (non-hydrogen) atoms. The van der Waals surface area contributed by atoms with Gasteiger partial charge in [0.15, 0.2) is 0 Å². The van der Waals surface area contributed by atoms with E-state index in [1.165, 1.54) is 11.1 Å². The summed E-state index contributed by atoms with van der Waals surface area (Å²) in [5.74, 6) is 0. The maximum atomic E-state index is 11.5. The van der Waals surface area contributed by atoms with E-state index in [-0.39, 0.29) is 11.4 Å². The molecule has 3 heteroatoms. The fourth-order valence-electron chi connectivity index (χ4n) is 1.64. The number of aryl methyl sites for hydroxylation is 1. The second kappa shape index (κ2) is 6.24.